The zero-order valence-corrected chi connectivity index (χ0v) is 11.9. The Morgan fingerprint density at radius 2 is 2.05 bits per heavy atom. The molecule has 0 aliphatic heterocycles. The highest BCUT2D eigenvalue weighted by Crippen LogP contribution is 2.24. The maximum atomic E-state index is 12.0. The van der Waals surface area contributed by atoms with Gasteiger partial charge in [0.15, 0.2) is 5.84 Å². The van der Waals surface area contributed by atoms with Crippen LogP contribution in [0.4, 0.5) is 5.69 Å². The monoisotopic (exact) mass is 283 g/mol. The van der Waals surface area contributed by atoms with Crippen LogP contribution in [0.2, 0.25) is 5.02 Å². The topological polar surface area (TPSA) is 87.7 Å². The number of nitrogens with one attached hydrogen (secondary N) is 1. The number of carbonyl (C=O) groups is 1. The van der Waals surface area contributed by atoms with Gasteiger partial charge in [-0.3, -0.25) is 4.79 Å². The molecule has 0 fully saturated rings. The van der Waals surface area contributed by atoms with Crippen molar-refractivity contribution in [1.82, 2.24) is 0 Å². The van der Waals surface area contributed by atoms with Crippen LogP contribution >= 0.6 is 11.6 Å². The second kappa shape index (κ2) is 6.43. The number of halogens is 1. The second-order valence-corrected chi connectivity index (χ2v) is 5.11. The predicted molar refractivity (Wildman–Crippen MR) is 76.6 cm³/mol. The number of carbonyl (C=O) groups excluding carboxylic acids is 1. The molecule has 0 aromatic heterocycles. The van der Waals surface area contributed by atoms with Crippen molar-refractivity contribution >= 4 is 29.0 Å². The summed E-state index contributed by atoms with van der Waals surface area (Å²) in [6, 6.07) is 4.77. The quantitative estimate of drug-likeness (QED) is 0.343. The number of amides is 1. The molecular formula is C13H18ClN3O2. The Morgan fingerprint density at radius 1 is 1.42 bits per heavy atom. The first kappa shape index (κ1) is 15.3. The number of nitrogens with zero attached hydrogens (tertiary/aromatic N) is 1. The lowest BCUT2D eigenvalue weighted by atomic mass is 9.97. The van der Waals surface area contributed by atoms with E-state index < -0.39 is 0 Å². The summed E-state index contributed by atoms with van der Waals surface area (Å²) in [6.07, 6.45) is 0. The molecule has 1 aromatic carbocycles. The SMILES string of the molecule is CC(C)C(C)C(=O)Nc1cc(C(N)=NO)ccc1Cl. The molecule has 0 spiro atoms. The zero-order valence-electron chi connectivity index (χ0n) is 11.1. The molecule has 1 unspecified atom stereocenters. The fourth-order valence-electron chi connectivity index (χ4n) is 1.39. The zero-order chi connectivity index (χ0) is 14.6. The number of hydrogen-bond acceptors (Lipinski definition) is 3. The average molecular weight is 284 g/mol. The summed E-state index contributed by atoms with van der Waals surface area (Å²) >= 11 is 6.01. The third kappa shape index (κ3) is 3.86. The lowest BCUT2D eigenvalue weighted by molar-refractivity contribution is -0.120. The van der Waals surface area contributed by atoms with E-state index in [1.807, 2.05) is 20.8 Å². The molecule has 4 N–H and O–H groups in total. The number of benzene rings is 1. The first-order chi connectivity index (χ1) is 8.86. The highest BCUT2D eigenvalue weighted by molar-refractivity contribution is 6.34. The standard InChI is InChI=1S/C13H18ClN3O2/c1-7(2)8(3)13(18)16-11-6-9(12(15)17-19)4-5-10(11)14/h4-8,19H,1-3H3,(H2,15,17)(H,16,18). The Hall–Kier alpha value is -1.75. The van der Waals surface area contributed by atoms with E-state index in [-0.39, 0.29) is 23.6 Å². The largest absolute Gasteiger partial charge is 0.409 e. The Balaban J connectivity index is 2.98. The molecule has 0 saturated carbocycles. The van der Waals surface area contributed by atoms with Crippen molar-refractivity contribution in [3.05, 3.63) is 28.8 Å². The van der Waals surface area contributed by atoms with Crippen LogP contribution in [0.1, 0.15) is 26.3 Å². The van der Waals surface area contributed by atoms with Crippen molar-refractivity contribution < 1.29 is 10.0 Å². The lowest BCUT2D eigenvalue weighted by Gasteiger charge is -2.16. The molecule has 1 aromatic rings. The molecular weight excluding hydrogens is 266 g/mol. The van der Waals surface area contributed by atoms with Gasteiger partial charge in [-0.1, -0.05) is 37.5 Å². The van der Waals surface area contributed by atoms with Crippen LogP contribution in [0.3, 0.4) is 0 Å². The van der Waals surface area contributed by atoms with Crippen molar-refractivity contribution in [2.45, 2.75) is 20.8 Å². The molecule has 19 heavy (non-hydrogen) atoms. The van der Waals surface area contributed by atoms with E-state index in [1.165, 1.54) is 0 Å². The maximum absolute atomic E-state index is 12.0. The van der Waals surface area contributed by atoms with Crippen molar-refractivity contribution in [3.63, 3.8) is 0 Å². The van der Waals surface area contributed by atoms with Crippen molar-refractivity contribution in [3.8, 4) is 0 Å². The summed E-state index contributed by atoms with van der Waals surface area (Å²) in [4.78, 5) is 12.0. The van der Waals surface area contributed by atoms with E-state index in [0.29, 0.717) is 16.3 Å². The van der Waals surface area contributed by atoms with E-state index in [4.69, 9.17) is 22.5 Å². The third-order valence-electron chi connectivity index (χ3n) is 3.04. The van der Waals surface area contributed by atoms with E-state index >= 15 is 0 Å². The van der Waals surface area contributed by atoms with Gasteiger partial charge in [0.05, 0.1) is 10.7 Å². The summed E-state index contributed by atoms with van der Waals surface area (Å²) in [5.41, 5.74) is 6.43. The maximum Gasteiger partial charge on any atom is 0.227 e. The molecule has 0 bridgehead atoms. The van der Waals surface area contributed by atoms with Crippen LogP contribution in [0.15, 0.2) is 23.4 Å². The summed E-state index contributed by atoms with van der Waals surface area (Å²) in [6.45, 7) is 5.79. The average Bonchev–Trinajstić information content (AvgIpc) is 2.39. The van der Waals surface area contributed by atoms with Crippen LogP contribution < -0.4 is 11.1 Å². The van der Waals surface area contributed by atoms with Crippen LogP contribution in [-0.2, 0) is 4.79 Å². The molecule has 0 aliphatic carbocycles. The number of rotatable bonds is 4. The Morgan fingerprint density at radius 3 is 2.58 bits per heavy atom. The second-order valence-electron chi connectivity index (χ2n) is 4.70. The van der Waals surface area contributed by atoms with E-state index in [9.17, 15) is 4.79 Å². The molecule has 6 heteroatoms. The summed E-state index contributed by atoms with van der Waals surface area (Å²) in [5.74, 6) is -0.0627. The van der Waals surface area contributed by atoms with Gasteiger partial charge in [-0.15, -0.1) is 0 Å². The minimum Gasteiger partial charge on any atom is -0.409 e. The minimum atomic E-state index is -0.136. The van der Waals surface area contributed by atoms with Gasteiger partial charge in [0.2, 0.25) is 5.91 Å². The van der Waals surface area contributed by atoms with E-state index in [0.717, 1.165) is 0 Å². The van der Waals surface area contributed by atoms with Crippen molar-refractivity contribution in [1.29, 1.82) is 0 Å². The van der Waals surface area contributed by atoms with Crippen LogP contribution in [0, 0.1) is 11.8 Å². The van der Waals surface area contributed by atoms with Gasteiger partial charge in [-0.2, -0.15) is 0 Å². The van der Waals surface area contributed by atoms with Gasteiger partial charge in [-0.25, -0.2) is 0 Å². The predicted octanol–water partition coefficient (Wildman–Crippen LogP) is 2.67. The highest BCUT2D eigenvalue weighted by Gasteiger charge is 2.18. The Labute approximate surface area is 117 Å². The molecule has 1 atom stereocenters. The smallest absolute Gasteiger partial charge is 0.227 e. The lowest BCUT2D eigenvalue weighted by Crippen LogP contribution is -2.24. The molecule has 0 aliphatic rings. The van der Waals surface area contributed by atoms with E-state index in [1.54, 1.807) is 18.2 Å². The fraction of sp³-hybridized carbons (Fsp3) is 0.385. The summed E-state index contributed by atoms with van der Waals surface area (Å²) in [7, 11) is 0. The Kier molecular flexibility index (Phi) is 5.18. The molecule has 5 nitrogen and oxygen atoms in total. The van der Waals surface area contributed by atoms with Gasteiger partial charge in [0, 0.05) is 11.5 Å². The molecule has 0 saturated heterocycles. The number of amidine groups is 1. The van der Waals surface area contributed by atoms with Crippen molar-refractivity contribution in [2.75, 3.05) is 5.32 Å². The molecule has 1 amide bonds. The number of nitrogens with two attached hydrogens (primary N) is 1. The van der Waals surface area contributed by atoms with Gasteiger partial charge >= 0.3 is 0 Å². The van der Waals surface area contributed by atoms with E-state index in [2.05, 4.69) is 10.5 Å². The first-order valence-corrected chi connectivity index (χ1v) is 6.33. The van der Waals surface area contributed by atoms with Crippen LogP contribution in [0.25, 0.3) is 0 Å². The fourth-order valence-corrected chi connectivity index (χ4v) is 1.55. The first-order valence-electron chi connectivity index (χ1n) is 5.95. The van der Waals surface area contributed by atoms with Gasteiger partial charge in [-0.05, 0) is 24.1 Å². The number of hydrogen-bond donors (Lipinski definition) is 3. The normalized spacial score (nSPS) is 13.4. The van der Waals surface area contributed by atoms with Crippen LogP contribution in [0.5, 0.6) is 0 Å². The summed E-state index contributed by atoms with van der Waals surface area (Å²) < 4.78 is 0. The van der Waals surface area contributed by atoms with Gasteiger partial charge in [0.25, 0.3) is 0 Å². The molecule has 104 valence electrons. The molecule has 0 heterocycles. The summed E-state index contributed by atoms with van der Waals surface area (Å²) in [5, 5.41) is 14.7. The van der Waals surface area contributed by atoms with Crippen LogP contribution in [-0.4, -0.2) is 17.0 Å². The number of anilines is 1. The third-order valence-corrected chi connectivity index (χ3v) is 3.37. The highest BCUT2D eigenvalue weighted by atomic mass is 35.5. The number of oxime groups is 1. The minimum absolute atomic E-state index is 0.0379. The molecule has 0 radical (unpaired) electrons. The molecule has 1 rings (SSSR count). The Bertz CT molecular complexity index is 501. The van der Waals surface area contributed by atoms with Crippen molar-refractivity contribution in [2.24, 2.45) is 22.7 Å². The van der Waals surface area contributed by atoms with Gasteiger partial charge in [0.1, 0.15) is 0 Å². The van der Waals surface area contributed by atoms with Gasteiger partial charge < -0.3 is 16.3 Å².